The fourth-order valence-electron chi connectivity index (χ4n) is 2.01. The molecule has 7 heteroatoms. The van der Waals surface area contributed by atoms with Crippen molar-refractivity contribution in [2.45, 2.75) is 28.6 Å². The molecule has 0 saturated heterocycles. The van der Waals surface area contributed by atoms with Gasteiger partial charge >= 0.3 is 0 Å². The number of nitrogen functional groups attached to an aromatic ring is 1. The molecule has 0 aliphatic carbocycles. The van der Waals surface area contributed by atoms with Crippen LogP contribution in [0.2, 0.25) is 5.15 Å². The second-order valence-corrected chi connectivity index (χ2v) is 7.31. The lowest BCUT2D eigenvalue weighted by Crippen LogP contribution is -1.99. The Morgan fingerprint density at radius 3 is 3.05 bits per heavy atom. The fraction of sp³-hybridized carbons (Fsp3) is 0.308. The van der Waals surface area contributed by atoms with Crippen LogP contribution in [-0.2, 0) is 6.42 Å². The number of anilines is 1. The van der Waals surface area contributed by atoms with Crippen LogP contribution in [0.4, 0.5) is 5.82 Å². The lowest BCUT2D eigenvalue weighted by molar-refractivity contribution is 0.933. The van der Waals surface area contributed by atoms with Crippen molar-refractivity contribution < 1.29 is 0 Å². The topological polar surface area (TPSA) is 64.7 Å². The lowest BCUT2D eigenvalue weighted by atomic mass is 10.1. The first kappa shape index (κ1) is 14.0. The van der Waals surface area contributed by atoms with E-state index in [1.54, 1.807) is 6.07 Å². The Kier molecular flexibility index (Phi) is 4.05. The molecule has 0 amide bonds. The minimum atomic E-state index is 0.156. The van der Waals surface area contributed by atoms with Crippen molar-refractivity contribution in [2.75, 3.05) is 11.5 Å². The summed E-state index contributed by atoms with van der Waals surface area (Å²) in [6.45, 7) is 2.09. The first-order valence-electron chi connectivity index (χ1n) is 6.20. The molecule has 104 valence electrons. The molecule has 20 heavy (non-hydrogen) atoms. The molecule has 1 atom stereocenters. The number of pyridine rings is 1. The van der Waals surface area contributed by atoms with Gasteiger partial charge in [0.25, 0.3) is 0 Å². The monoisotopic (exact) mass is 324 g/mol. The van der Waals surface area contributed by atoms with Gasteiger partial charge in [0.1, 0.15) is 11.0 Å². The second kappa shape index (κ2) is 5.79. The molecule has 1 unspecified atom stereocenters. The summed E-state index contributed by atoms with van der Waals surface area (Å²) >= 11 is 9.28. The Labute approximate surface area is 130 Å². The average molecular weight is 325 g/mol. The van der Waals surface area contributed by atoms with Crippen LogP contribution in [0.1, 0.15) is 23.4 Å². The van der Waals surface area contributed by atoms with E-state index in [2.05, 4.69) is 27.9 Å². The maximum absolute atomic E-state index is 5.89. The molecule has 0 aromatic carbocycles. The lowest BCUT2D eigenvalue weighted by Gasteiger charge is -2.11. The minimum Gasteiger partial charge on any atom is -0.384 e. The van der Waals surface area contributed by atoms with Crippen molar-refractivity contribution in [3.8, 4) is 0 Å². The summed E-state index contributed by atoms with van der Waals surface area (Å²) in [6.07, 6.45) is 3.08. The number of rotatable bonds is 3. The standard InChI is InChI=1S/C13H13ClN4S2/c1-7(20-13-17-11(14)5-12(15)18-13)9-4-8-2-3-19-10(8)6-16-9/h4-7H,2-3H2,1H3,(H2,15,17,18). The highest BCUT2D eigenvalue weighted by molar-refractivity contribution is 7.99. The zero-order valence-corrected chi connectivity index (χ0v) is 13.2. The van der Waals surface area contributed by atoms with Gasteiger partial charge in [0.05, 0.1) is 10.9 Å². The summed E-state index contributed by atoms with van der Waals surface area (Å²) in [5, 5.41) is 1.11. The van der Waals surface area contributed by atoms with E-state index < -0.39 is 0 Å². The van der Waals surface area contributed by atoms with Gasteiger partial charge in [0.2, 0.25) is 0 Å². The van der Waals surface area contributed by atoms with E-state index in [9.17, 15) is 0 Å². The molecule has 0 saturated carbocycles. The van der Waals surface area contributed by atoms with Crippen LogP contribution in [0, 0.1) is 0 Å². The molecule has 2 aromatic rings. The third-order valence-corrected chi connectivity index (χ3v) is 5.26. The molecule has 2 N–H and O–H groups in total. The molecule has 0 radical (unpaired) electrons. The van der Waals surface area contributed by atoms with E-state index >= 15 is 0 Å². The van der Waals surface area contributed by atoms with Gasteiger partial charge in [-0.15, -0.1) is 11.8 Å². The summed E-state index contributed by atoms with van der Waals surface area (Å²) in [4.78, 5) is 14.2. The first-order valence-corrected chi connectivity index (χ1v) is 8.44. The number of hydrogen-bond acceptors (Lipinski definition) is 6. The second-order valence-electron chi connectivity index (χ2n) is 4.47. The number of aryl methyl sites for hydroxylation is 1. The zero-order valence-electron chi connectivity index (χ0n) is 10.8. The van der Waals surface area contributed by atoms with Crippen LogP contribution >= 0.6 is 35.1 Å². The van der Waals surface area contributed by atoms with Gasteiger partial charge in [-0.3, -0.25) is 4.98 Å². The number of fused-ring (bicyclic) bond motifs is 1. The van der Waals surface area contributed by atoms with Crippen LogP contribution in [0.5, 0.6) is 0 Å². The van der Waals surface area contributed by atoms with Crippen molar-refractivity contribution in [1.82, 2.24) is 15.0 Å². The first-order chi connectivity index (χ1) is 9.61. The van der Waals surface area contributed by atoms with Crippen molar-refractivity contribution in [3.63, 3.8) is 0 Å². The normalized spacial score (nSPS) is 15.1. The van der Waals surface area contributed by atoms with Gasteiger partial charge in [0.15, 0.2) is 5.16 Å². The number of nitrogens with two attached hydrogens (primary N) is 1. The van der Waals surface area contributed by atoms with Crippen molar-refractivity contribution in [1.29, 1.82) is 0 Å². The fourth-order valence-corrected chi connectivity index (χ4v) is 4.14. The van der Waals surface area contributed by atoms with Gasteiger partial charge in [-0.2, -0.15) is 0 Å². The highest BCUT2D eigenvalue weighted by atomic mass is 35.5. The molecule has 0 bridgehead atoms. The van der Waals surface area contributed by atoms with E-state index in [-0.39, 0.29) is 5.25 Å². The Bertz CT molecular complexity index is 630. The third kappa shape index (κ3) is 3.02. The van der Waals surface area contributed by atoms with E-state index in [1.165, 1.54) is 22.2 Å². The Hall–Kier alpha value is -0.980. The van der Waals surface area contributed by atoms with Crippen molar-refractivity contribution >= 4 is 40.9 Å². The number of hydrogen-bond donors (Lipinski definition) is 1. The highest BCUT2D eigenvalue weighted by Gasteiger charge is 2.17. The molecule has 2 aromatic heterocycles. The predicted octanol–water partition coefficient (Wildman–Crippen LogP) is 3.61. The summed E-state index contributed by atoms with van der Waals surface area (Å²) in [6, 6.07) is 3.72. The van der Waals surface area contributed by atoms with E-state index in [4.69, 9.17) is 17.3 Å². The van der Waals surface area contributed by atoms with Gasteiger partial charge < -0.3 is 5.73 Å². The average Bonchev–Trinajstić information content (AvgIpc) is 2.84. The molecule has 4 nitrogen and oxygen atoms in total. The molecule has 0 fully saturated rings. The van der Waals surface area contributed by atoms with Crippen LogP contribution < -0.4 is 5.73 Å². The molecule has 0 spiro atoms. The predicted molar refractivity (Wildman–Crippen MR) is 84.4 cm³/mol. The van der Waals surface area contributed by atoms with Crippen molar-refractivity contribution in [3.05, 3.63) is 34.7 Å². The van der Waals surface area contributed by atoms with Gasteiger partial charge in [-0.25, -0.2) is 9.97 Å². The molecule has 3 rings (SSSR count). The van der Waals surface area contributed by atoms with Crippen LogP contribution in [0.3, 0.4) is 0 Å². The molecule has 1 aliphatic heterocycles. The number of nitrogens with zero attached hydrogens (tertiary/aromatic N) is 3. The SMILES string of the molecule is CC(Sc1nc(N)cc(Cl)n1)c1cc2c(cn1)SCC2. The van der Waals surface area contributed by atoms with Gasteiger partial charge in [-0.1, -0.05) is 23.4 Å². The van der Waals surface area contributed by atoms with E-state index in [0.29, 0.717) is 16.1 Å². The molecular weight excluding hydrogens is 312 g/mol. The van der Waals surface area contributed by atoms with Gasteiger partial charge in [-0.05, 0) is 25.0 Å². The summed E-state index contributed by atoms with van der Waals surface area (Å²) in [5.74, 6) is 1.54. The number of halogens is 1. The number of thioether (sulfide) groups is 2. The summed E-state index contributed by atoms with van der Waals surface area (Å²) in [7, 11) is 0. The maximum atomic E-state index is 5.89. The zero-order chi connectivity index (χ0) is 14.1. The highest BCUT2D eigenvalue weighted by Crippen LogP contribution is 2.36. The van der Waals surface area contributed by atoms with Gasteiger partial charge in [0, 0.05) is 22.9 Å². The van der Waals surface area contributed by atoms with E-state index in [1.807, 2.05) is 18.0 Å². The van der Waals surface area contributed by atoms with Crippen LogP contribution in [0.25, 0.3) is 0 Å². The molecule has 1 aliphatic rings. The van der Waals surface area contributed by atoms with Crippen molar-refractivity contribution in [2.24, 2.45) is 0 Å². The smallest absolute Gasteiger partial charge is 0.191 e. The van der Waals surface area contributed by atoms with Crippen LogP contribution in [0.15, 0.2) is 28.4 Å². The Morgan fingerprint density at radius 1 is 1.40 bits per heavy atom. The summed E-state index contributed by atoms with van der Waals surface area (Å²) in [5.41, 5.74) is 8.11. The van der Waals surface area contributed by atoms with Crippen LogP contribution in [-0.4, -0.2) is 20.7 Å². The quantitative estimate of drug-likeness (QED) is 0.528. The summed E-state index contributed by atoms with van der Waals surface area (Å²) < 4.78 is 0. The molecular formula is C13H13ClN4S2. The Morgan fingerprint density at radius 2 is 2.25 bits per heavy atom. The number of aromatic nitrogens is 3. The third-order valence-electron chi connectivity index (χ3n) is 2.99. The van der Waals surface area contributed by atoms with E-state index in [0.717, 1.165) is 17.9 Å². The molecule has 3 heterocycles. The maximum Gasteiger partial charge on any atom is 0.191 e. The minimum absolute atomic E-state index is 0.156. The Balaban J connectivity index is 1.80. The largest absolute Gasteiger partial charge is 0.384 e.